The third kappa shape index (κ3) is 7.92. The molecular weight excluding hydrogens is 424 g/mol. The molecule has 0 aliphatic carbocycles. The Morgan fingerprint density at radius 2 is 1.58 bits per heavy atom. The number of rotatable bonds is 3. The second-order valence-corrected chi connectivity index (χ2v) is 4.86. The van der Waals surface area contributed by atoms with E-state index in [9.17, 15) is 14.7 Å². The molecule has 7 nitrogen and oxygen atoms in total. The molecule has 2 aromatic carbocycles. The number of phenolic OH excluding ortho intramolecular Hbond substituents is 1. The molecule has 2 amide bonds. The van der Waals surface area contributed by atoms with Crippen molar-refractivity contribution < 1.29 is 31.8 Å². The summed E-state index contributed by atoms with van der Waals surface area (Å²) in [6.45, 7) is 0. The summed E-state index contributed by atoms with van der Waals surface area (Å²) in [4.78, 5) is 23.6. The van der Waals surface area contributed by atoms with E-state index in [4.69, 9.17) is 17.9 Å². The zero-order valence-corrected chi connectivity index (χ0v) is 15.5. The molecule has 0 saturated carbocycles. The molecule has 0 spiro atoms. The topological polar surface area (TPSA) is 115 Å². The maximum atomic E-state index is 11.8. The van der Waals surface area contributed by atoms with Crippen LogP contribution in [0, 0.1) is 10.7 Å². The smallest absolute Gasteiger partial charge is 0.741 e. The summed E-state index contributed by atoms with van der Waals surface area (Å²) in [7, 11) is 0. The minimum Gasteiger partial charge on any atom is -0.741 e. The van der Waals surface area contributed by atoms with Crippen molar-refractivity contribution in [2.45, 2.75) is 0 Å². The van der Waals surface area contributed by atoms with Gasteiger partial charge in [0.2, 0.25) is 0 Å². The molecular formula is C16H12CuN4O3S2. The Hall–Kier alpha value is -2.70. The quantitative estimate of drug-likeness (QED) is 0.167. The van der Waals surface area contributed by atoms with E-state index in [0.29, 0.717) is 5.56 Å². The number of para-hydroxylation sites is 1. The van der Waals surface area contributed by atoms with Gasteiger partial charge in [-0.2, -0.15) is 5.10 Å². The Kier molecular flexibility index (Phi) is 11.3. The summed E-state index contributed by atoms with van der Waals surface area (Å²) in [5.41, 5.74) is 2.65. The molecule has 137 valence electrons. The van der Waals surface area contributed by atoms with E-state index >= 15 is 0 Å². The van der Waals surface area contributed by atoms with Crippen molar-refractivity contribution in [2.24, 2.45) is 5.10 Å². The maximum absolute atomic E-state index is 11.8. The Bertz CT molecular complexity index is 811. The molecule has 0 atom stereocenters. The van der Waals surface area contributed by atoms with E-state index in [1.54, 1.807) is 42.5 Å². The zero-order chi connectivity index (χ0) is 18.7. The van der Waals surface area contributed by atoms with Crippen LogP contribution < -0.4 is 10.7 Å². The molecule has 0 heterocycles. The van der Waals surface area contributed by atoms with Crippen molar-refractivity contribution in [2.75, 3.05) is 0 Å². The Balaban J connectivity index is 0.00000146. The molecule has 0 aliphatic rings. The molecule has 10 heteroatoms. The van der Waals surface area contributed by atoms with Crippen molar-refractivity contribution in [1.29, 1.82) is 5.26 Å². The molecule has 3 N–H and O–H groups in total. The van der Waals surface area contributed by atoms with Crippen LogP contribution in [0.4, 0.5) is 0 Å². The predicted molar refractivity (Wildman–Crippen MR) is 97.3 cm³/mol. The standard InChI is InChI=1S/C15H13N3O3S.CHNS.Cu/c19-12-9-5-4-8-11(12)14(21)17-18-15(22)16-13(20)10-6-2-1-3-7-10;2-1-3;/h1-9,19H,(H,17,21)(H2,16,18,20,22);3H;/q;;+2/p-2. The number of amides is 2. The van der Waals surface area contributed by atoms with Gasteiger partial charge in [-0.25, -0.2) is 10.7 Å². The summed E-state index contributed by atoms with van der Waals surface area (Å²) in [5, 5.41) is 23.8. The minimum atomic E-state index is -0.630. The monoisotopic (exact) mass is 435 g/mol. The summed E-state index contributed by atoms with van der Waals surface area (Å²) < 4.78 is 0. The van der Waals surface area contributed by atoms with Gasteiger partial charge in [-0.1, -0.05) is 35.7 Å². The largest absolute Gasteiger partial charge is 2.00 e. The summed E-state index contributed by atoms with van der Waals surface area (Å²) in [6.07, 6.45) is 0. The van der Waals surface area contributed by atoms with Gasteiger partial charge in [0.05, 0.1) is 5.56 Å². The van der Waals surface area contributed by atoms with Gasteiger partial charge >= 0.3 is 17.1 Å². The first-order chi connectivity index (χ1) is 12.0. The van der Waals surface area contributed by atoms with Crippen LogP contribution in [-0.4, -0.2) is 22.1 Å². The number of nitrogens with zero attached hydrogens (tertiary/aromatic N) is 2. The van der Waals surface area contributed by atoms with E-state index in [-0.39, 0.29) is 33.5 Å². The number of nitrogens with one attached hydrogen (secondary N) is 2. The molecule has 0 saturated heterocycles. The molecule has 0 fully saturated rings. The van der Waals surface area contributed by atoms with Crippen molar-refractivity contribution in [3.8, 4) is 11.2 Å². The molecule has 2 rings (SSSR count). The maximum Gasteiger partial charge on any atom is 2.00 e. The van der Waals surface area contributed by atoms with Gasteiger partial charge < -0.3 is 35.7 Å². The molecule has 1 radical (unpaired) electrons. The van der Waals surface area contributed by atoms with E-state index in [0.717, 1.165) is 0 Å². The first-order valence-electron chi connectivity index (χ1n) is 6.70. The average molecular weight is 436 g/mol. The number of hydrogen-bond donors (Lipinski definition) is 3. The predicted octanol–water partition coefficient (Wildman–Crippen LogP) is 1.38. The fraction of sp³-hybridized carbons (Fsp3) is 0. The Morgan fingerprint density at radius 1 is 1.04 bits per heavy atom. The Morgan fingerprint density at radius 3 is 2.15 bits per heavy atom. The van der Waals surface area contributed by atoms with Gasteiger partial charge in [0.1, 0.15) is 5.75 Å². The molecule has 2 aromatic rings. The first-order valence-corrected chi connectivity index (χ1v) is 7.52. The summed E-state index contributed by atoms with van der Waals surface area (Å²) in [5.74, 6) is -1.23. The van der Waals surface area contributed by atoms with E-state index in [1.165, 1.54) is 17.5 Å². The number of carbonyl (C=O) groups is 2. The number of benzene rings is 2. The molecule has 0 aliphatic heterocycles. The van der Waals surface area contributed by atoms with Gasteiger partial charge in [0.15, 0.2) is 0 Å². The van der Waals surface area contributed by atoms with Crippen molar-refractivity contribution in [1.82, 2.24) is 10.7 Å². The number of amidine groups is 1. The number of carbonyl (C=O) groups excluding carboxylic acids is 2. The molecule has 0 unspecified atom stereocenters. The van der Waals surface area contributed by atoms with Crippen LogP contribution in [0.5, 0.6) is 5.75 Å². The van der Waals surface area contributed by atoms with Crippen molar-refractivity contribution in [3.05, 3.63) is 65.7 Å². The van der Waals surface area contributed by atoms with Crippen LogP contribution in [0.1, 0.15) is 20.7 Å². The van der Waals surface area contributed by atoms with Crippen molar-refractivity contribution in [3.63, 3.8) is 0 Å². The average Bonchev–Trinajstić information content (AvgIpc) is 2.61. The van der Waals surface area contributed by atoms with Crippen LogP contribution in [0.25, 0.3) is 0 Å². The Labute approximate surface area is 171 Å². The summed E-state index contributed by atoms with van der Waals surface area (Å²) >= 11 is 8.55. The van der Waals surface area contributed by atoms with Gasteiger partial charge in [-0.05, 0) is 24.3 Å². The minimum absolute atomic E-state index is 0. The third-order valence-electron chi connectivity index (χ3n) is 2.66. The van der Waals surface area contributed by atoms with Crippen LogP contribution in [0.3, 0.4) is 0 Å². The number of thiocyanates is 1. The number of phenols is 1. The van der Waals surface area contributed by atoms with E-state index in [2.05, 4.69) is 28.5 Å². The first kappa shape index (κ1) is 23.3. The number of hydrogen-bond acceptors (Lipinski definition) is 7. The summed E-state index contributed by atoms with van der Waals surface area (Å²) in [6, 6.07) is 14.5. The SMILES string of the molecule is N#C[S-].O=C(N/C([S-])=N/NC(=O)c1ccccc1O)c1ccccc1.[Cu+2]. The fourth-order valence-electron chi connectivity index (χ4n) is 1.61. The molecule has 0 aromatic heterocycles. The number of hydrazone groups is 1. The van der Waals surface area contributed by atoms with Gasteiger partial charge in [0, 0.05) is 10.7 Å². The number of aromatic hydroxyl groups is 1. The third-order valence-corrected chi connectivity index (χ3v) is 2.86. The van der Waals surface area contributed by atoms with E-state index in [1.807, 2.05) is 0 Å². The van der Waals surface area contributed by atoms with Crippen LogP contribution >= 0.6 is 0 Å². The van der Waals surface area contributed by atoms with Crippen LogP contribution in [0.15, 0.2) is 59.7 Å². The van der Waals surface area contributed by atoms with Crippen molar-refractivity contribution >= 4 is 42.2 Å². The van der Waals surface area contributed by atoms with Gasteiger partial charge in [-0.15, -0.1) is 0 Å². The molecule has 0 bridgehead atoms. The number of nitriles is 1. The zero-order valence-electron chi connectivity index (χ0n) is 13.0. The van der Waals surface area contributed by atoms with E-state index < -0.39 is 11.8 Å². The second kappa shape index (κ2) is 12.6. The van der Waals surface area contributed by atoms with Gasteiger partial charge in [0.25, 0.3) is 11.8 Å². The molecule has 26 heavy (non-hydrogen) atoms. The fourth-order valence-corrected chi connectivity index (χ4v) is 1.75. The normalized spacial score (nSPS) is 9.42. The van der Waals surface area contributed by atoms with Crippen LogP contribution in [-0.2, 0) is 42.3 Å². The van der Waals surface area contributed by atoms with Gasteiger partial charge in [-0.3, -0.25) is 9.59 Å². The van der Waals surface area contributed by atoms with Crippen LogP contribution in [0.2, 0.25) is 0 Å². The second-order valence-electron chi connectivity index (χ2n) is 4.29.